The third-order valence-corrected chi connectivity index (χ3v) is 4.65. The molecule has 3 N–H and O–H groups in total. The SMILES string of the molecule is CCC1CCC(C)N1CCC(=O)Nc1ccc(Cl)c(N)c1. The van der Waals surface area contributed by atoms with E-state index in [0.717, 1.165) is 13.0 Å². The van der Waals surface area contributed by atoms with Gasteiger partial charge in [-0.15, -0.1) is 0 Å². The molecule has 116 valence electrons. The summed E-state index contributed by atoms with van der Waals surface area (Å²) in [6.07, 6.45) is 4.13. The molecule has 21 heavy (non-hydrogen) atoms. The number of anilines is 2. The fourth-order valence-electron chi connectivity index (χ4n) is 3.04. The molecule has 1 amide bonds. The molecule has 0 radical (unpaired) electrons. The number of nitrogens with two attached hydrogens (primary N) is 1. The molecular formula is C16H24ClN3O. The predicted octanol–water partition coefficient (Wildman–Crippen LogP) is 3.51. The van der Waals surface area contributed by atoms with Crippen molar-refractivity contribution in [3.05, 3.63) is 23.2 Å². The summed E-state index contributed by atoms with van der Waals surface area (Å²) < 4.78 is 0. The molecule has 1 fully saturated rings. The highest BCUT2D eigenvalue weighted by atomic mass is 35.5. The van der Waals surface area contributed by atoms with E-state index in [1.807, 2.05) is 0 Å². The molecule has 1 aromatic rings. The lowest BCUT2D eigenvalue weighted by molar-refractivity contribution is -0.116. The Morgan fingerprint density at radius 3 is 2.90 bits per heavy atom. The van der Waals surface area contributed by atoms with E-state index >= 15 is 0 Å². The molecule has 2 rings (SSSR count). The average Bonchev–Trinajstić information content (AvgIpc) is 2.81. The Hall–Kier alpha value is -1.26. The van der Waals surface area contributed by atoms with Crippen LogP contribution >= 0.6 is 11.6 Å². The van der Waals surface area contributed by atoms with E-state index in [9.17, 15) is 4.79 Å². The van der Waals surface area contributed by atoms with E-state index in [1.165, 1.54) is 12.8 Å². The van der Waals surface area contributed by atoms with Gasteiger partial charge < -0.3 is 11.1 Å². The van der Waals surface area contributed by atoms with Crippen molar-refractivity contribution in [1.82, 2.24) is 4.90 Å². The van der Waals surface area contributed by atoms with Crippen molar-refractivity contribution in [2.45, 2.75) is 51.6 Å². The van der Waals surface area contributed by atoms with Crippen molar-refractivity contribution in [2.75, 3.05) is 17.6 Å². The Balaban J connectivity index is 1.85. The van der Waals surface area contributed by atoms with E-state index in [4.69, 9.17) is 17.3 Å². The number of carbonyl (C=O) groups excluding carboxylic acids is 1. The first-order valence-electron chi connectivity index (χ1n) is 7.62. The summed E-state index contributed by atoms with van der Waals surface area (Å²) >= 11 is 5.87. The van der Waals surface area contributed by atoms with Crippen molar-refractivity contribution >= 4 is 28.9 Å². The van der Waals surface area contributed by atoms with Gasteiger partial charge in [-0.3, -0.25) is 9.69 Å². The van der Waals surface area contributed by atoms with Crippen molar-refractivity contribution in [1.29, 1.82) is 0 Å². The largest absolute Gasteiger partial charge is 0.397 e. The van der Waals surface area contributed by atoms with Gasteiger partial charge in [0.15, 0.2) is 0 Å². The van der Waals surface area contributed by atoms with E-state index < -0.39 is 0 Å². The molecule has 5 heteroatoms. The number of amides is 1. The first-order valence-corrected chi connectivity index (χ1v) is 7.99. The Morgan fingerprint density at radius 2 is 2.24 bits per heavy atom. The minimum Gasteiger partial charge on any atom is -0.397 e. The lowest BCUT2D eigenvalue weighted by Crippen LogP contribution is -2.36. The minimum atomic E-state index is 0.0191. The molecule has 1 aliphatic rings. The average molecular weight is 310 g/mol. The maximum atomic E-state index is 12.1. The lowest BCUT2D eigenvalue weighted by Gasteiger charge is -2.27. The van der Waals surface area contributed by atoms with E-state index in [1.54, 1.807) is 18.2 Å². The van der Waals surface area contributed by atoms with Crippen LogP contribution in [0.5, 0.6) is 0 Å². The van der Waals surface area contributed by atoms with Crippen molar-refractivity contribution in [3.8, 4) is 0 Å². The summed E-state index contributed by atoms with van der Waals surface area (Å²) in [6.45, 7) is 5.27. The zero-order chi connectivity index (χ0) is 15.4. The quantitative estimate of drug-likeness (QED) is 0.818. The van der Waals surface area contributed by atoms with Crippen LogP contribution in [-0.4, -0.2) is 29.4 Å². The number of benzene rings is 1. The number of carbonyl (C=O) groups is 1. The van der Waals surface area contributed by atoms with Crippen LogP contribution in [-0.2, 0) is 4.79 Å². The third kappa shape index (κ3) is 4.11. The smallest absolute Gasteiger partial charge is 0.225 e. The van der Waals surface area contributed by atoms with Gasteiger partial charge in [-0.05, 0) is 44.4 Å². The monoisotopic (exact) mass is 309 g/mol. The minimum absolute atomic E-state index is 0.0191. The van der Waals surface area contributed by atoms with Crippen LogP contribution in [0.1, 0.15) is 39.5 Å². The van der Waals surface area contributed by atoms with Gasteiger partial charge in [-0.1, -0.05) is 18.5 Å². The fourth-order valence-corrected chi connectivity index (χ4v) is 3.16. The van der Waals surface area contributed by atoms with Crippen LogP contribution in [0.2, 0.25) is 5.02 Å². The zero-order valence-electron chi connectivity index (χ0n) is 12.7. The number of nitrogens with one attached hydrogen (secondary N) is 1. The Morgan fingerprint density at radius 1 is 1.48 bits per heavy atom. The molecule has 0 saturated carbocycles. The number of nitrogens with zero attached hydrogens (tertiary/aromatic N) is 1. The number of rotatable bonds is 5. The standard InChI is InChI=1S/C16H24ClN3O/c1-3-13-6-4-11(2)20(13)9-8-16(21)19-12-5-7-14(17)15(18)10-12/h5,7,10-11,13H,3-4,6,8-9,18H2,1-2H3,(H,19,21). The van der Waals surface area contributed by atoms with Crippen LogP contribution < -0.4 is 11.1 Å². The van der Waals surface area contributed by atoms with E-state index in [2.05, 4.69) is 24.1 Å². The van der Waals surface area contributed by atoms with Crippen LogP contribution in [0.25, 0.3) is 0 Å². The molecule has 0 bridgehead atoms. The Bertz CT molecular complexity index is 506. The van der Waals surface area contributed by atoms with Crippen LogP contribution in [0, 0.1) is 0 Å². The summed E-state index contributed by atoms with van der Waals surface area (Å²) in [5, 5.41) is 3.38. The van der Waals surface area contributed by atoms with Crippen molar-refractivity contribution in [2.24, 2.45) is 0 Å². The van der Waals surface area contributed by atoms with Crippen LogP contribution in [0.4, 0.5) is 11.4 Å². The van der Waals surface area contributed by atoms with Crippen LogP contribution in [0.15, 0.2) is 18.2 Å². The fraction of sp³-hybridized carbons (Fsp3) is 0.562. The second-order valence-corrected chi connectivity index (χ2v) is 6.17. The molecule has 0 aromatic heterocycles. The van der Waals surface area contributed by atoms with Gasteiger partial charge in [-0.2, -0.15) is 0 Å². The van der Waals surface area contributed by atoms with Crippen molar-refractivity contribution < 1.29 is 4.79 Å². The highest BCUT2D eigenvalue weighted by Crippen LogP contribution is 2.26. The number of hydrogen-bond donors (Lipinski definition) is 2. The highest BCUT2D eigenvalue weighted by molar-refractivity contribution is 6.33. The summed E-state index contributed by atoms with van der Waals surface area (Å²) in [5.74, 6) is 0.0191. The van der Waals surface area contributed by atoms with E-state index in [0.29, 0.717) is 34.9 Å². The van der Waals surface area contributed by atoms with Crippen LogP contribution in [0.3, 0.4) is 0 Å². The molecule has 1 aliphatic heterocycles. The second-order valence-electron chi connectivity index (χ2n) is 5.76. The molecule has 0 aliphatic carbocycles. The van der Waals surface area contributed by atoms with Gasteiger partial charge in [-0.25, -0.2) is 0 Å². The Kier molecular flexibility index (Phi) is 5.48. The van der Waals surface area contributed by atoms with Crippen molar-refractivity contribution in [3.63, 3.8) is 0 Å². The summed E-state index contributed by atoms with van der Waals surface area (Å²) in [5.41, 5.74) is 6.91. The highest BCUT2D eigenvalue weighted by Gasteiger charge is 2.28. The first kappa shape index (κ1) is 16.1. The van der Waals surface area contributed by atoms with Gasteiger partial charge in [0.25, 0.3) is 0 Å². The van der Waals surface area contributed by atoms with Gasteiger partial charge >= 0.3 is 0 Å². The molecular weight excluding hydrogens is 286 g/mol. The molecule has 1 saturated heterocycles. The number of nitrogen functional groups attached to an aromatic ring is 1. The van der Waals surface area contributed by atoms with Gasteiger partial charge in [0.05, 0.1) is 10.7 Å². The molecule has 0 spiro atoms. The molecule has 1 heterocycles. The lowest BCUT2D eigenvalue weighted by atomic mass is 10.1. The number of likely N-dealkylation sites (tertiary alicyclic amines) is 1. The van der Waals surface area contributed by atoms with Gasteiger partial charge in [0.2, 0.25) is 5.91 Å². The molecule has 2 atom stereocenters. The molecule has 4 nitrogen and oxygen atoms in total. The number of halogens is 1. The number of hydrogen-bond acceptors (Lipinski definition) is 3. The normalized spacial score (nSPS) is 22.4. The van der Waals surface area contributed by atoms with Gasteiger partial charge in [0.1, 0.15) is 0 Å². The molecule has 1 aromatic carbocycles. The maximum Gasteiger partial charge on any atom is 0.225 e. The predicted molar refractivity (Wildman–Crippen MR) is 88.6 cm³/mol. The Labute approximate surface area is 131 Å². The van der Waals surface area contributed by atoms with E-state index in [-0.39, 0.29) is 5.91 Å². The summed E-state index contributed by atoms with van der Waals surface area (Å²) in [7, 11) is 0. The third-order valence-electron chi connectivity index (χ3n) is 4.30. The summed E-state index contributed by atoms with van der Waals surface area (Å²) in [6, 6.07) is 6.35. The zero-order valence-corrected chi connectivity index (χ0v) is 13.5. The first-order chi connectivity index (χ1) is 10.0. The summed E-state index contributed by atoms with van der Waals surface area (Å²) in [4.78, 5) is 14.5. The topological polar surface area (TPSA) is 58.4 Å². The van der Waals surface area contributed by atoms with Gasteiger partial charge in [0, 0.05) is 30.7 Å². The molecule has 2 unspecified atom stereocenters. The maximum absolute atomic E-state index is 12.1. The second kappa shape index (κ2) is 7.14.